The van der Waals surface area contributed by atoms with Gasteiger partial charge < -0.3 is 11.1 Å². The molecular weight excluding hydrogens is 372 g/mol. The molecule has 2 aromatic carbocycles. The van der Waals surface area contributed by atoms with Gasteiger partial charge >= 0.3 is 0 Å². The first-order valence-electron chi connectivity index (χ1n) is 4.94. The molecule has 0 unspecified atom stereocenters. The summed E-state index contributed by atoms with van der Waals surface area (Å²) in [6, 6.07) is 6.95. The highest BCUT2D eigenvalue weighted by molar-refractivity contribution is 14.1. The molecule has 2 nitrogen and oxygen atoms in total. The number of rotatable bonds is 2. The fourth-order valence-electron chi connectivity index (χ4n) is 1.42. The van der Waals surface area contributed by atoms with E-state index in [1.807, 2.05) is 22.6 Å². The zero-order chi connectivity index (χ0) is 13.3. The Hall–Kier alpha value is -1.08. The molecule has 0 atom stereocenters. The molecule has 0 fully saturated rings. The Morgan fingerprint density at radius 1 is 1.17 bits per heavy atom. The minimum atomic E-state index is -0.527. The van der Waals surface area contributed by atoms with Crippen LogP contribution in [0, 0.1) is 15.2 Å². The molecule has 0 aliphatic heterocycles. The van der Waals surface area contributed by atoms with Gasteiger partial charge in [-0.05, 0) is 40.8 Å². The summed E-state index contributed by atoms with van der Waals surface area (Å²) in [6.45, 7) is 0. The Morgan fingerprint density at radius 2 is 1.89 bits per heavy atom. The molecule has 0 aromatic heterocycles. The average molecular weight is 381 g/mol. The van der Waals surface area contributed by atoms with Crippen molar-refractivity contribution in [1.82, 2.24) is 0 Å². The van der Waals surface area contributed by atoms with Crippen molar-refractivity contribution >= 4 is 51.3 Å². The number of hydrogen-bond acceptors (Lipinski definition) is 2. The zero-order valence-electron chi connectivity index (χ0n) is 8.98. The standard InChI is InChI=1S/C12H8ClF2IN2/c13-6-2-1-3-7(14)12(6)18-11-4-8(15)9(16)5-10(11)17/h1-5,18H,17H2. The van der Waals surface area contributed by atoms with Crippen molar-refractivity contribution in [1.29, 1.82) is 0 Å². The lowest BCUT2D eigenvalue weighted by molar-refractivity contribution is 0.620. The smallest absolute Gasteiger partial charge is 0.148 e. The molecule has 0 saturated carbocycles. The van der Waals surface area contributed by atoms with Crippen LogP contribution in [0.15, 0.2) is 30.3 Å². The first kappa shape index (κ1) is 13.4. The topological polar surface area (TPSA) is 38.0 Å². The monoisotopic (exact) mass is 380 g/mol. The summed E-state index contributed by atoms with van der Waals surface area (Å²) in [5.74, 6) is -0.958. The van der Waals surface area contributed by atoms with Gasteiger partial charge in [-0.25, -0.2) is 8.78 Å². The lowest BCUT2D eigenvalue weighted by atomic mass is 10.2. The lowest BCUT2D eigenvalue weighted by Crippen LogP contribution is -2.00. The number of nitrogens with one attached hydrogen (secondary N) is 1. The van der Waals surface area contributed by atoms with E-state index in [-0.39, 0.29) is 16.4 Å². The molecule has 0 saturated heterocycles. The van der Waals surface area contributed by atoms with Gasteiger partial charge in [0.05, 0.1) is 25.7 Å². The predicted molar refractivity (Wildman–Crippen MR) is 78.2 cm³/mol. The number of benzene rings is 2. The van der Waals surface area contributed by atoms with Gasteiger partial charge in [0.2, 0.25) is 0 Å². The molecule has 2 aromatic rings. The van der Waals surface area contributed by atoms with E-state index < -0.39 is 11.6 Å². The summed E-state index contributed by atoms with van der Waals surface area (Å²) >= 11 is 7.69. The summed E-state index contributed by atoms with van der Waals surface area (Å²) in [5.41, 5.74) is 6.41. The van der Waals surface area contributed by atoms with Gasteiger partial charge in [0.1, 0.15) is 11.6 Å². The highest BCUT2D eigenvalue weighted by Crippen LogP contribution is 2.32. The number of nitrogen functional groups attached to an aromatic ring is 1. The predicted octanol–water partition coefficient (Wildman–Crippen LogP) is 4.55. The minimum absolute atomic E-state index is 0.0754. The fraction of sp³-hybridized carbons (Fsp3) is 0. The molecular formula is C12H8ClF2IN2. The first-order valence-corrected chi connectivity index (χ1v) is 6.40. The van der Waals surface area contributed by atoms with Gasteiger partial charge in [-0.2, -0.15) is 0 Å². The molecule has 18 heavy (non-hydrogen) atoms. The van der Waals surface area contributed by atoms with Crippen molar-refractivity contribution in [2.75, 3.05) is 11.1 Å². The maximum atomic E-state index is 13.6. The normalized spacial score (nSPS) is 10.4. The second kappa shape index (κ2) is 5.27. The SMILES string of the molecule is Nc1cc(I)c(F)cc1Nc1c(F)cccc1Cl. The Morgan fingerprint density at radius 3 is 2.56 bits per heavy atom. The van der Waals surface area contributed by atoms with E-state index in [1.54, 1.807) is 0 Å². The Kier molecular flexibility index (Phi) is 3.91. The molecule has 0 radical (unpaired) electrons. The van der Waals surface area contributed by atoms with Crippen molar-refractivity contribution in [2.45, 2.75) is 0 Å². The Labute approximate surface area is 121 Å². The quantitative estimate of drug-likeness (QED) is 0.593. The van der Waals surface area contributed by atoms with Crippen LogP contribution in [0.5, 0.6) is 0 Å². The largest absolute Gasteiger partial charge is 0.397 e. The van der Waals surface area contributed by atoms with E-state index in [2.05, 4.69) is 5.32 Å². The Bertz CT molecular complexity index is 585. The van der Waals surface area contributed by atoms with Crippen LogP contribution in [0.4, 0.5) is 25.8 Å². The molecule has 0 heterocycles. The van der Waals surface area contributed by atoms with E-state index >= 15 is 0 Å². The zero-order valence-corrected chi connectivity index (χ0v) is 11.9. The van der Waals surface area contributed by atoms with E-state index in [1.165, 1.54) is 30.3 Å². The third-order valence-electron chi connectivity index (χ3n) is 2.31. The summed E-state index contributed by atoms with van der Waals surface area (Å²) < 4.78 is 27.4. The van der Waals surface area contributed by atoms with Gasteiger partial charge in [0.15, 0.2) is 0 Å². The van der Waals surface area contributed by atoms with Crippen molar-refractivity contribution in [3.05, 3.63) is 50.6 Å². The average Bonchev–Trinajstić information content (AvgIpc) is 2.30. The van der Waals surface area contributed by atoms with Crippen molar-refractivity contribution < 1.29 is 8.78 Å². The number of nitrogens with two attached hydrogens (primary N) is 1. The van der Waals surface area contributed by atoms with Crippen molar-refractivity contribution in [2.24, 2.45) is 0 Å². The maximum absolute atomic E-state index is 13.6. The van der Waals surface area contributed by atoms with Gasteiger partial charge in [-0.1, -0.05) is 17.7 Å². The number of halogens is 4. The number of hydrogen-bond donors (Lipinski definition) is 2. The summed E-state index contributed by atoms with van der Waals surface area (Å²) in [5, 5.41) is 2.90. The second-order valence-corrected chi connectivity index (χ2v) is 5.14. The first-order chi connectivity index (χ1) is 8.49. The molecule has 0 aliphatic rings. The molecule has 3 N–H and O–H groups in total. The van der Waals surface area contributed by atoms with E-state index in [0.29, 0.717) is 9.26 Å². The minimum Gasteiger partial charge on any atom is -0.397 e. The third kappa shape index (κ3) is 2.67. The Balaban J connectivity index is 2.43. The van der Waals surface area contributed by atoms with Crippen molar-refractivity contribution in [3.8, 4) is 0 Å². The summed E-state index contributed by atoms with van der Waals surface area (Å²) in [4.78, 5) is 0. The molecule has 6 heteroatoms. The number of para-hydroxylation sites is 1. The molecule has 0 bridgehead atoms. The molecule has 0 spiro atoms. The van der Waals surface area contributed by atoms with Crippen LogP contribution < -0.4 is 11.1 Å². The number of anilines is 3. The highest BCUT2D eigenvalue weighted by Gasteiger charge is 2.11. The van der Waals surface area contributed by atoms with Crippen LogP contribution in [0.2, 0.25) is 5.02 Å². The van der Waals surface area contributed by atoms with Crippen LogP contribution in [0.3, 0.4) is 0 Å². The van der Waals surface area contributed by atoms with Crippen LogP contribution in [-0.2, 0) is 0 Å². The van der Waals surface area contributed by atoms with E-state index in [9.17, 15) is 8.78 Å². The summed E-state index contributed by atoms with van der Waals surface area (Å²) in [7, 11) is 0. The van der Waals surface area contributed by atoms with Crippen LogP contribution in [0.1, 0.15) is 0 Å². The van der Waals surface area contributed by atoms with Crippen LogP contribution in [-0.4, -0.2) is 0 Å². The van der Waals surface area contributed by atoms with Gasteiger partial charge in [0, 0.05) is 6.07 Å². The lowest BCUT2D eigenvalue weighted by Gasteiger charge is -2.12. The maximum Gasteiger partial charge on any atom is 0.148 e. The summed E-state index contributed by atoms with van der Waals surface area (Å²) in [6.07, 6.45) is 0. The van der Waals surface area contributed by atoms with Crippen LogP contribution in [0.25, 0.3) is 0 Å². The third-order valence-corrected chi connectivity index (χ3v) is 3.46. The fourth-order valence-corrected chi connectivity index (χ4v) is 2.12. The molecule has 0 amide bonds. The van der Waals surface area contributed by atoms with Crippen molar-refractivity contribution in [3.63, 3.8) is 0 Å². The van der Waals surface area contributed by atoms with Crippen LogP contribution >= 0.6 is 34.2 Å². The van der Waals surface area contributed by atoms with E-state index in [4.69, 9.17) is 17.3 Å². The molecule has 0 aliphatic carbocycles. The molecule has 2 rings (SSSR count). The van der Waals surface area contributed by atoms with E-state index in [0.717, 1.165) is 0 Å². The second-order valence-electron chi connectivity index (χ2n) is 3.58. The van der Waals surface area contributed by atoms with Gasteiger partial charge in [-0.3, -0.25) is 0 Å². The van der Waals surface area contributed by atoms with Gasteiger partial charge in [0.25, 0.3) is 0 Å². The highest BCUT2D eigenvalue weighted by atomic mass is 127. The molecule has 94 valence electrons. The van der Waals surface area contributed by atoms with Gasteiger partial charge in [-0.15, -0.1) is 0 Å².